The molecule has 2 atom stereocenters. The third kappa shape index (κ3) is 10.4. The molecule has 344 valence electrons. The Labute approximate surface area is 387 Å². The molecule has 3 heterocycles. The van der Waals surface area contributed by atoms with Crippen LogP contribution in [0.25, 0.3) is 0 Å². The highest BCUT2D eigenvalue weighted by molar-refractivity contribution is 8.00. The van der Waals surface area contributed by atoms with Crippen LogP contribution in [0.2, 0.25) is 0 Å². The summed E-state index contributed by atoms with van der Waals surface area (Å²) in [4.78, 5) is 67.2. The second kappa shape index (κ2) is 19.8. The fraction of sp³-hybridized carbons (Fsp3) is 0.261. The number of carbonyl (C=O) groups excluding carboxylic acids is 4. The molecule has 66 heavy (non-hydrogen) atoms. The van der Waals surface area contributed by atoms with E-state index < -0.39 is 79.3 Å². The number of benzene rings is 4. The first-order chi connectivity index (χ1) is 31.5. The maximum atomic E-state index is 14.6. The molecule has 5 aromatic rings. The molecule has 1 aromatic heterocycles. The first-order valence-electron chi connectivity index (χ1n) is 20.2. The predicted octanol–water partition coefficient (Wildman–Crippen LogP) is 7.25. The number of amides is 3. The van der Waals surface area contributed by atoms with E-state index in [9.17, 15) is 36.4 Å². The molecule has 2 N–H and O–H groups in total. The maximum absolute atomic E-state index is 14.6. The zero-order chi connectivity index (χ0) is 47.2. The lowest BCUT2D eigenvalue weighted by Crippen LogP contribution is -2.71. The number of hydrogen-bond donors (Lipinski definition) is 2. The fourth-order valence-electron chi connectivity index (χ4n) is 7.06. The Balaban J connectivity index is 1.24. The number of nitrogens with zero attached hydrogens (tertiary/aromatic N) is 3. The van der Waals surface area contributed by atoms with Gasteiger partial charge in [0.05, 0.1) is 12.9 Å². The average Bonchev–Trinajstić information content (AvgIpc) is 3.76. The van der Waals surface area contributed by atoms with Crippen LogP contribution in [0, 0.1) is 0 Å². The summed E-state index contributed by atoms with van der Waals surface area (Å²) in [6.07, 6.45) is -0.805. The Kier molecular flexibility index (Phi) is 14.2. The first kappa shape index (κ1) is 47.3. The molecule has 0 bridgehead atoms. The van der Waals surface area contributed by atoms with Gasteiger partial charge in [0.25, 0.3) is 11.8 Å². The number of fused-ring (bicyclic) bond motifs is 1. The van der Waals surface area contributed by atoms with E-state index in [1.807, 2.05) is 91.0 Å². The molecule has 0 spiro atoms. The van der Waals surface area contributed by atoms with E-state index in [-0.39, 0.29) is 28.8 Å². The fourth-order valence-corrected chi connectivity index (χ4v) is 10.1. The lowest BCUT2D eigenvalue weighted by Gasteiger charge is -2.49. The minimum Gasteiger partial charge on any atom is -0.497 e. The summed E-state index contributed by atoms with van der Waals surface area (Å²) in [6, 6.07) is 32.7. The van der Waals surface area contributed by atoms with E-state index in [0.29, 0.717) is 28.0 Å². The van der Waals surface area contributed by atoms with Gasteiger partial charge in [-0.3, -0.25) is 19.8 Å². The molecule has 1 saturated heterocycles. The molecule has 4 aromatic carbocycles. The highest BCUT2D eigenvalue weighted by Gasteiger charge is 2.55. The first-order valence-corrected chi connectivity index (χ1v) is 23.8. The van der Waals surface area contributed by atoms with Gasteiger partial charge in [0, 0.05) is 27.8 Å². The van der Waals surface area contributed by atoms with E-state index in [4.69, 9.17) is 19.0 Å². The Morgan fingerprint density at radius 2 is 1.47 bits per heavy atom. The quantitative estimate of drug-likeness (QED) is 0.0332. The molecule has 7 rings (SSSR count). The van der Waals surface area contributed by atoms with Crippen molar-refractivity contribution >= 4 is 67.7 Å². The molecular formula is C46H43F2N5O10S3. The number of rotatable bonds is 16. The molecule has 2 aliphatic rings. The van der Waals surface area contributed by atoms with Gasteiger partial charge < -0.3 is 24.4 Å². The minimum absolute atomic E-state index is 0.0446. The van der Waals surface area contributed by atoms with E-state index in [2.05, 4.69) is 20.8 Å². The number of thioether (sulfide) groups is 1. The highest BCUT2D eigenvalue weighted by atomic mass is 32.2. The Morgan fingerprint density at radius 3 is 2.00 bits per heavy atom. The molecule has 1 unspecified atom stereocenters. The zero-order valence-corrected chi connectivity index (χ0v) is 38.3. The van der Waals surface area contributed by atoms with Crippen LogP contribution in [-0.4, -0.2) is 89.3 Å². The van der Waals surface area contributed by atoms with Crippen molar-refractivity contribution in [1.29, 1.82) is 0 Å². The monoisotopic (exact) mass is 959 g/mol. The van der Waals surface area contributed by atoms with Gasteiger partial charge in [0.15, 0.2) is 10.8 Å². The van der Waals surface area contributed by atoms with Crippen molar-refractivity contribution < 1.29 is 55.4 Å². The molecule has 0 aliphatic carbocycles. The van der Waals surface area contributed by atoms with Gasteiger partial charge in [-0.1, -0.05) is 108 Å². The maximum Gasteiger partial charge on any atom is 0.413 e. The van der Waals surface area contributed by atoms with E-state index in [0.717, 1.165) is 28.0 Å². The molecule has 15 nitrogen and oxygen atoms in total. The minimum atomic E-state index is -5.05. The smallest absolute Gasteiger partial charge is 0.413 e. The van der Waals surface area contributed by atoms with Gasteiger partial charge in [0.1, 0.15) is 40.8 Å². The van der Waals surface area contributed by atoms with Crippen LogP contribution in [-0.2, 0) is 50.7 Å². The number of methoxy groups -OCH3 is 1. The zero-order valence-electron chi connectivity index (χ0n) is 35.8. The summed E-state index contributed by atoms with van der Waals surface area (Å²) in [5.74, 6) is -7.65. The normalized spacial score (nSPS) is 16.5. The molecule has 2 aliphatic heterocycles. The summed E-state index contributed by atoms with van der Waals surface area (Å²) >= 11 is 1.91. The number of esters is 1. The van der Waals surface area contributed by atoms with E-state index >= 15 is 0 Å². The number of β-lactam (4-membered cyclic amide) rings is 1. The third-order valence-electron chi connectivity index (χ3n) is 10.1. The van der Waals surface area contributed by atoms with Crippen molar-refractivity contribution in [2.75, 3.05) is 23.9 Å². The van der Waals surface area contributed by atoms with Crippen molar-refractivity contribution in [2.24, 2.45) is 5.16 Å². The SMILES string of the molecule is COc1ccc(COC(=O)C2=C(CS(=O)(=O)C(F)F)CS[C@@H]3C(NC(=O)/C(=N\OC(c4ccccc4)(c4ccccc4)c4ccccc4)c4csc(NC(=O)OC(C)(C)C)n4)C(=O)N23)cc1. The summed E-state index contributed by atoms with van der Waals surface area (Å²) in [5, 5.41) is 10.2. The third-order valence-corrected chi connectivity index (χ3v) is 13.5. The number of oxime groups is 1. The van der Waals surface area contributed by atoms with Crippen LogP contribution < -0.4 is 15.4 Å². The number of nitrogens with one attached hydrogen (secondary N) is 2. The van der Waals surface area contributed by atoms with E-state index in [1.54, 1.807) is 45.0 Å². The molecule has 0 saturated carbocycles. The standard InChI is InChI=1S/C46H43F2N5O10S3/c1-45(2,3)62-44(57)51-43-49-34(26-65-43)35(52-63-46(30-14-8-5-9-15-30,31-16-10-6-11-17-31)32-18-12-7-13-19-32)38(54)50-36-39(55)53-37(29(25-64-40(36)53)27-66(58,59)42(47)48)41(56)61-24-28-20-22-33(60-4)23-21-28/h5-23,26,36,40,42H,24-25,27H2,1-4H3,(H,50,54)(H,49,51,57)/b52-35-/t36?,40-/m1/s1. The topological polar surface area (TPSA) is 192 Å². The average molecular weight is 960 g/mol. The highest BCUT2D eigenvalue weighted by Crippen LogP contribution is 2.43. The Hall–Kier alpha value is -6.64. The Morgan fingerprint density at radius 1 is 0.894 bits per heavy atom. The van der Waals surface area contributed by atoms with Gasteiger partial charge in [-0.2, -0.15) is 8.78 Å². The second-order valence-corrected chi connectivity index (χ2v) is 19.7. The number of thiazole rings is 1. The Bertz CT molecular complexity index is 2650. The number of sulfone groups is 1. The van der Waals surface area contributed by atoms with Crippen LogP contribution >= 0.6 is 23.1 Å². The van der Waals surface area contributed by atoms with Crippen molar-refractivity contribution in [1.82, 2.24) is 15.2 Å². The predicted molar refractivity (Wildman–Crippen MR) is 243 cm³/mol. The van der Waals surface area contributed by atoms with Gasteiger partial charge >= 0.3 is 17.8 Å². The number of aromatic nitrogens is 1. The van der Waals surface area contributed by atoms with Crippen LogP contribution in [0.4, 0.5) is 18.7 Å². The van der Waals surface area contributed by atoms with Crippen molar-refractivity contribution in [2.45, 2.75) is 55.8 Å². The van der Waals surface area contributed by atoms with Gasteiger partial charge in [-0.05, 0) is 44.0 Å². The molecular weight excluding hydrogens is 917 g/mol. The van der Waals surface area contributed by atoms with Crippen LogP contribution in [0.15, 0.2) is 137 Å². The van der Waals surface area contributed by atoms with Crippen LogP contribution in [0.1, 0.15) is 48.7 Å². The van der Waals surface area contributed by atoms with Crippen molar-refractivity contribution in [3.05, 3.63) is 160 Å². The van der Waals surface area contributed by atoms with Gasteiger partial charge in [-0.25, -0.2) is 23.0 Å². The number of ether oxygens (including phenoxy) is 3. The summed E-state index contributed by atoms with van der Waals surface area (Å²) < 4.78 is 68.2. The summed E-state index contributed by atoms with van der Waals surface area (Å²) in [5.41, 5.74) is -1.11. The number of carbonyl (C=O) groups is 4. The van der Waals surface area contributed by atoms with Crippen molar-refractivity contribution in [3.63, 3.8) is 0 Å². The lowest BCUT2D eigenvalue weighted by atomic mass is 9.80. The van der Waals surface area contributed by atoms with Gasteiger partial charge in [0.2, 0.25) is 15.4 Å². The van der Waals surface area contributed by atoms with Crippen LogP contribution in [0.5, 0.6) is 5.75 Å². The summed E-state index contributed by atoms with van der Waals surface area (Å²) in [7, 11) is -3.57. The molecule has 3 amide bonds. The van der Waals surface area contributed by atoms with E-state index in [1.165, 1.54) is 12.5 Å². The lowest BCUT2D eigenvalue weighted by molar-refractivity contribution is -0.153. The van der Waals surface area contributed by atoms with Crippen LogP contribution in [0.3, 0.4) is 0 Å². The van der Waals surface area contributed by atoms with Crippen molar-refractivity contribution in [3.8, 4) is 5.75 Å². The second-order valence-electron chi connectivity index (χ2n) is 15.8. The largest absolute Gasteiger partial charge is 0.497 e. The molecule has 1 fully saturated rings. The number of hydrogen-bond acceptors (Lipinski definition) is 14. The number of alkyl halides is 2. The molecule has 20 heteroatoms. The number of anilines is 1. The summed E-state index contributed by atoms with van der Waals surface area (Å²) in [6.45, 7) is 4.76. The number of halogens is 2. The molecule has 0 radical (unpaired) electrons. The van der Waals surface area contributed by atoms with Gasteiger partial charge in [-0.15, -0.1) is 23.1 Å².